The molecule has 0 saturated carbocycles. The number of para-hydroxylation sites is 3. The molecule has 4 aromatic rings. The molecule has 4 rings (SSSR count). The van der Waals surface area contributed by atoms with Gasteiger partial charge in [-0.1, -0.05) is 64.5 Å². The van der Waals surface area contributed by atoms with Gasteiger partial charge >= 0.3 is 0 Å². The lowest BCUT2D eigenvalue weighted by Gasteiger charge is -2.10. The molecule has 1 N–H and O–H groups in total. The fourth-order valence-electron chi connectivity index (χ4n) is 3.44. The van der Waals surface area contributed by atoms with Crippen LogP contribution in [0.5, 0.6) is 5.75 Å². The quantitative estimate of drug-likeness (QED) is 0.351. The van der Waals surface area contributed by atoms with Gasteiger partial charge in [0.2, 0.25) is 5.62 Å². The first-order valence-corrected chi connectivity index (χ1v) is 10.1. The maximum atomic E-state index is 8.78. The van der Waals surface area contributed by atoms with Crippen molar-refractivity contribution in [3.63, 3.8) is 0 Å². The molecule has 0 bridgehead atoms. The van der Waals surface area contributed by atoms with Crippen LogP contribution in [-0.2, 0) is 13.1 Å². The van der Waals surface area contributed by atoms with Gasteiger partial charge in [0.25, 0.3) is 0 Å². The topological polar surface area (TPSA) is 42.9 Å². The average molecular weight is 517 g/mol. The van der Waals surface area contributed by atoms with Crippen LogP contribution >= 0.6 is 32.9 Å². The molecular formula is C23H23Br2N3O. The Kier molecular flexibility index (Phi) is 6.98. The SMILES string of the molecule is Br.Cc1ccccc1OCCn1c(=N)n(Cc2ccccc2Br)c2ccccc21. The molecule has 150 valence electrons. The van der Waals surface area contributed by atoms with Crippen LogP contribution < -0.4 is 10.4 Å². The summed E-state index contributed by atoms with van der Waals surface area (Å²) in [6, 6.07) is 24.4. The first kappa shape index (κ1) is 21.4. The molecule has 1 aromatic heterocycles. The Morgan fingerprint density at radius 2 is 1.48 bits per heavy atom. The van der Waals surface area contributed by atoms with E-state index in [2.05, 4.69) is 34.1 Å². The highest BCUT2D eigenvalue weighted by atomic mass is 79.9. The fraction of sp³-hybridized carbons (Fsp3) is 0.174. The van der Waals surface area contributed by atoms with Gasteiger partial charge in [-0.15, -0.1) is 17.0 Å². The maximum Gasteiger partial charge on any atom is 0.203 e. The minimum absolute atomic E-state index is 0. The van der Waals surface area contributed by atoms with Gasteiger partial charge in [0.1, 0.15) is 12.4 Å². The van der Waals surface area contributed by atoms with Crippen molar-refractivity contribution >= 4 is 43.9 Å². The van der Waals surface area contributed by atoms with Crippen molar-refractivity contribution in [3.8, 4) is 5.75 Å². The Morgan fingerprint density at radius 3 is 2.21 bits per heavy atom. The number of ether oxygens (including phenoxy) is 1. The second-order valence-electron chi connectivity index (χ2n) is 6.76. The summed E-state index contributed by atoms with van der Waals surface area (Å²) >= 11 is 3.62. The molecule has 0 aliphatic carbocycles. The highest BCUT2D eigenvalue weighted by Crippen LogP contribution is 2.20. The standard InChI is InChI=1S/C23H22BrN3O.BrH/c1-17-8-2-7-13-22(17)28-15-14-26-20-11-5-6-12-21(20)27(23(26)25)16-18-9-3-4-10-19(18)24;/h2-13,25H,14-16H2,1H3;1H. The third-order valence-electron chi connectivity index (χ3n) is 4.93. The number of fused-ring (bicyclic) bond motifs is 1. The third-order valence-corrected chi connectivity index (χ3v) is 5.70. The van der Waals surface area contributed by atoms with E-state index in [0.717, 1.165) is 32.4 Å². The molecule has 3 aromatic carbocycles. The van der Waals surface area contributed by atoms with Gasteiger partial charge in [0.05, 0.1) is 24.1 Å². The summed E-state index contributed by atoms with van der Waals surface area (Å²) in [5, 5.41) is 8.78. The minimum Gasteiger partial charge on any atom is -0.491 e. The second kappa shape index (κ2) is 9.46. The monoisotopic (exact) mass is 515 g/mol. The third kappa shape index (κ3) is 4.49. The number of nitrogens with zero attached hydrogens (tertiary/aromatic N) is 2. The number of imidazole rings is 1. The van der Waals surface area contributed by atoms with E-state index >= 15 is 0 Å². The van der Waals surface area contributed by atoms with E-state index in [9.17, 15) is 0 Å². The van der Waals surface area contributed by atoms with Gasteiger partial charge in [-0.25, -0.2) is 0 Å². The van der Waals surface area contributed by atoms with E-state index in [4.69, 9.17) is 10.1 Å². The van der Waals surface area contributed by atoms with Crippen molar-refractivity contribution < 1.29 is 4.74 Å². The van der Waals surface area contributed by atoms with Crippen LogP contribution in [0.25, 0.3) is 11.0 Å². The summed E-state index contributed by atoms with van der Waals surface area (Å²) < 4.78 is 11.1. The smallest absolute Gasteiger partial charge is 0.203 e. The lowest BCUT2D eigenvalue weighted by molar-refractivity contribution is 0.295. The molecule has 0 amide bonds. The largest absolute Gasteiger partial charge is 0.491 e. The van der Waals surface area contributed by atoms with Gasteiger partial charge in [0, 0.05) is 4.47 Å². The maximum absolute atomic E-state index is 8.78. The normalized spacial score (nSPS) is 10.7. The van der Waals surface area contributed by atoms with Crippen molar-refractivity contribution in [2.24, 2.45) is 0 Å². The molecule has 29 heavy (non-hydrogen) atoms. The molecule has 0 saturated heterocycles. The predicted molar refractivity (Wildman–Crippen MR) is 126 cm³/mol. The summed E-state index contributed by atoms with van der Waals surface area (Å²) in [4.78, 5) is 0. The van der Waals surface area contributed by atoms with Crippen molar-refractivity contribution in [2.45, 2.75) is 20.0 Å². The molecule has 0 unspecified atom stereocenters. The molecule has 0 radical (unpaired) electrons. The van der Waals surface area contributed by atoms with Crippen molar-refractivity contribution in [3.05, 3.63) is 94.0 Å². The van der Waals surface area contributed by atoms with Gasteiger partial charge in [0.15, 0.2) is 0 Å². The zero-order valence-electron chi connectivity index (χ0n) is 16.1. The highest BCUT2D eigenvalue weighted by Gasteiger charge is 2.12. The number of nitrogens with one attached hydrogen (secondary N) is 1. The van der Waals surface area contributed by atoms with Crippen LogP contribution in [0.15, 0.2) is 77.3 Å². The van der Waals surface area contributed by atoms with Gasteiger partial charge < -0.3 is 13.9 Å². The molecule has 4 nitrogen and oxygen atoms in total. The van der Waals surface area contributed by atoms with Crippen molar-refractivity contribution in [1.82, 2.24) is 9.13 Å². The van der Waals surface area contributed by atoms with Crippen LogP contribution in [0.4, 0.5) is 0 Å². The first-order chi connectivity index (χ1) is 13.6. The zero-order chi connectivity index (χ0) is 19.5. The summed E-state index contributed by atoms with van der Waals surface area (Å²) in [7, 11) is 0. The van der Waals surface area contributed by atoms with Crippen LogP contribution in [0.3, 0.4) is 0 Å². The second-order valence-corrected chi connectivity index (χ2v) is 7.61. The Bertz CT molecular complexity index is 1180. The molecule has 0 fully saturated rings. The van der Waals surface area contributed by atoms with E-state index in [1.165, 1.54) is 0 Å². The Hall–Kier alpha value is -2.31. The molecule has 6 heteroatoms. The number of benzene rings is 3. The molecular weight excluding hydrogens is 494 g/mol. The van der Waals surface area contributed by atoms with E-state index in [0.29, 0.717) is 25.3 Å². The highest BCUT2D eigenvalue weighted by molar-refractivity contribution is 9.10. The number of aromatic nitrogens is 2. The molecule has 0 aliphatic heterocycles. The van der Waals surface area contributed by atoms with Crippen molar-refractivity contribution in [1.29, 1.82) is 5.41 Å². The molecule has 1 heterocycles. The number of hydrogen-bond donors (Lipinski definition) is 1. The number of hydrogen-bond acceptors (Lipinski definition) is 2. The number of halogens is 2. The van der Waals surface area contributed by atoms with E-state index in [1.807, 2.05) is 70.7 Å². The van der Waals surface area contributed by atoms with Gasteiger partial charge in [-0.05, 0) is 42.3 Å². The molecule has 0 atom stereocenters. The Labute approximate surface area is 189 Å². The zero-order valence-corrected chi connectivity index (χ0v) is 19.4. The summed E-state index contributed by atoms with van der Waals surface area (Å²) in [6.45, 7) is 3.83. The van der Waals surface area contributed by atoms with Gasteiger partial charge in [-0.3, -0.25) is 5.41 Å². The number of rotatable bonds is 6. The number of aryl methyl sites for hydroxylation is 1. The molecule has 0 aliphatic rings. The van der Waals surface area contributed by atoms with Crippen LogP contribution in [-0.4, -0.2) is 15.7 Å². The van der Waals surface area contributed by atoms with Crippen molar-refractivity contribution in [2.75, 3.05) is 6.61 Å². The summed E-state index contributed by atoms with van der Waals surface area (Å²) in [5.41, 5.74) is 4.85. The Morgan fingerprint density at radius 1 is 0.862 bits per heavy atom. The van der Waals surface area contributed by atoms with Crippen LogP contribution in [0.1, 0.15) is 11.1 Å². The lowest BCUT2D eigenvalue weighted by atomic mass is 10.2. The van der Waals surface area contributed by atoms with Gasteiger partial charge in [-0.2, -0.15) is 0 Å². The van der Waals surface area contributed by atoms with E-state index < -0.39 is 0 Å². The fourth-order valence-corrected chi connectivity index (χ4v) is 3.85. The summed E-state index contributed by atoms with van der Waals surface area (Å²) in [6.07, 6.45) is 0. The Balaban J connectivity index is 0.00000240. The predicted octanol–water partition coefficient (Wildman–Crippen LogP) is 5.70. The van der Waals surface area contributed by atoms with E-state index in [1.54, 1.807) is 0 Å². The average Bonchev–Trinajstić information content (AvgIpc) is 2.97. The van der Waals surface area contributed by atoms with E-state index in [-0.39, 0.29) is 17.0 Å². The van der Waals surface area contributed by atoms with Crippen LogP contribution in [0, 0.1) is 12.3 Å². The minimum atomic E-state index is 0. The van der Waals surface area contributed by atoms with Crippen LogP contribution in [0.2, 0.25) is 0 Å². The first-order valence-electron chi connectivity index (χ1n) is 9.29. The molecule has 0 spiro atoms. The summed E-state index contributed by atoms with van der Waals surface area (Å²) in [5.74, 6) is 0.895. The lowest BCUT2D eigenvalue weighted by Crippen LogP contribution is -2.27.